The molecule has 1 aromatic rings. The van der Waals surface area contributed by atoms with Crippen LogP contribution in [0.25, 0.3) is 0 Å². The van der Waals surface area contributed by atoms with E-state index in [1.807, 2.05) is 12.1 Å². The number of nitrogens with zero attached hydrogens (tertiary/aromatic N) is 2. The second-order valence-corrected chi connectivity index (χ2v) is 4.61. The molecule has 0 atom stereocenters. The van der Waals surface area contributed by atoms with Crippen LogP contribution in [0.1, 0.15) is 19.8 Å². The summed E-state index contributed by atoms with van der Waals surface area (Å²) >= 11 is 5.91. The van der Waals surface area contributed by atoms with Crippen LogP contribution in [-0.2, 0) is 0 Å². The van der Waals surface area contributed by atoms with Gasteiger partial charge in [-0.1, -0.05) is 18.5 Å². The summed E-state index contributed by atoms with van der Waals surface area (Å²) in [6, 6.07) is 8.10. The summed E-state index contributed by atoms with van der Waals surface area (Å²) in [6.45, 7) is 4.47. The van der Waals surface area contributed by atoms with E-state index in [2.05, 4.69) is 35.6 Å². The lowest BCUT2D eigenvalue weighted by molar-refractivity contribution is -0.502. The van der Waals surface area contributed by atoms with Gasteiger partial charge in [0, 0.05) is 17.9 Å². The van der Waals surface area contributed by atoms with E-state index in [1.54, 1.807) is 0 Å². The van der Waals surface area contributed by atoms with Crippen LogP contribution in [0.2, 0.25) is 5.02 Å². The highest BCUT2D eigenvalue weighted by atomic mass is 127. The quantitative estimate of drug-likeness (QED) is 0.529. The first-order chi connectivity index (χ1) is 7.72. The summed E-state index contributed by atoms with van der Waals surface area (Å²) in [5.74, 6) is 1.40. The minimum absolute atomic E-state index is 0. The topological polar surface area (TPSA) is 6.25 Å². The van der Waals surface area contributed by atoms with Crippen molar-refractivity contribution in [2.75, 3.05) is 25.0 Å². The Morgan fingerprint density at radius 1 is 1.29 bits per heavy atom. The van der Waals surface area contributed by atoms with Crippen molar-refractivity contribution in [3.8, 4) is 0 Å². The maximum absolute atomic E-state index is 5.91. The zero-order chi connectivity index (χ0) is 11.5. The van der Waals surface area contributed by atoms with Crippen LogP contribution in [-0.4, -0.2) is 30.5 Å². The van der Waals surface area contributed by atoms with E-state index in [9.17, 15) is 0 Å². The molecular weight excluding hydrogens is 347 g/mol. The SMILES string of the molecule is CCC1=[N+](C)CCCN1c1ccc(Cl)cc1.[I-]. The summed E-state index contributed by atoms with van der Waals surface area (Å²) in [5, 5.41) is 0.798. The third-order valence-electron chi connectivity index (χ3n) is 3.08. The molecule has 0 bridgehead atoms. The van der Waals surface area contributed by atoms with Crippen LogP contribution in [0.15, 0.2) is 24.3 Å². The fourth-order valence-corrected chi connectivity index (χ4v) is 2.42. The molecule has 94 valence electrons. The molecule has 17 heavy (non-hydrogen) atoms. The van der Waals surface area contributed by atoms with Crippen molar-refractivity contribution in [1.29, 1.82) is 0 Å². The van der Waals surface area contributed by atoms with E-state index in [0.717, 1.165) is 24.5 Å². The second-order valence-electron chi connectivity index (χ2n) is 4.17. The highest BCUT2D eigenvalue weighted by Crippen LogP contribution is 2.20. The van der Waals surface area contributed by atoms with Gasteiger partial charge in [-0.05, 0) is 24.3 Å². The molecule has 0 spiro atoms. The molecule has 1 aromatic carbocycles. The molecular formula is C13H18ClIN2. The van der Waals surface area contributed by atoms with E-state index in [4.69, 9.17) is 11.6 Å². The standard InChI is InChI=1S/C13H18ClN2.HI/c1-3-13-15(2)9-4-10-16(13)12-7-5-11(14)6-8-12;/h5-8H,3-4,9-10H2,1-2H3;1H/q+1;/p-1. The first-order valence-electron chi connectivity index (χ1n) is 5.82. The van der Waals surface area contributed by atoms with Crippen molar-refractivity contribution >= 4 is 23.1 Å². The number of amidine groups is 1. The molecule has 2 rings (SSSR count). The number of anilines is 1. The zero-order valence-corrected chi connectivity index (χ0v) is 13.2. The molecule has 0 saturated heterocycles. The molecule has 1 aliphatic heterocycles. The first-order valence-corrected chi connectivity index (χ1v) is 6.20. The zero-order valence-electron chi connectivity index (χ0n) is 10.3. The second kappa shape index (κ2) is 6.59. The largest absolute Gasteiger partial charge is 1.00 e. The van der Waals surface area contributed by atoms with Gasteiger partial charge in [0.25, 0.3) is 5.84 Å². The molecule has 1 heterocycles. The van der Waals surface area contributed by atoms with Crippen molar-refractivity contribution in [3.05, 3.63) is 29.3 Å². The van der Waals surface area contributed by atoms with E-state index >= 15 is 0 Å². The number of benzene rings is 1. The third-order valence-corrected chi connectivity index (χ3v) is 3.33. The molecule has 0 unspecified atom stereocenters. The molecule has 2 nitrogen and oxygen atoms in total. The minimum atomic E-state index is 0. The molecule has 0 aromatic heterocycles. The fourth-order valence-electron chi connectivity index (χ4n) is 2.29. The highest BCUT2D eigenvalue weighted by molar-refractivity contribution is 6.30. The molecule has 0 saturated carbocycles. The lowest BCUT2D eigenvalue weighted by Crippen LogP contribution is -3.00. The Hall–Kier alpha value is -0.290. The van der Waals surface area contributed by atoms with Crippen LogP contribution >= 0.6 is 11.6 Å². The summed E-state index contributed by atoms with van der Waals surface area (Å²) in [6.07, 6.45) is 2.28. The van der Waals surface area contributed by atoms with Crippen molar-refractivity contribution in [3.63, 3.8) is 0 Å². The van der Waals surface area contributed by atoms with Gasteiger partial charge in [-0.2, -0.15) is 0 Å². The molecule has 4 heteroatoms. The maximum Gasteiger partial charge on any atom is 0.251 e. The van der Waals surface area contributed by atoms with Gasteiger partial charge in [0.05, 0.1) is 20.1 Å². The van der Waals surface area contributed by atoms with E-state index < -0.39 is 0 Å². The van der Waals surface area contributed by atoms with Crippen molar-refractivity contribution in [2.24, 2.45) is 0 Å². The minimum Gasteiger partial charge on any atom is -1.00 e. The summed E-state index contributed by atoms with van der Waals surface area (Å²) < 4.78 is 2.35. The lowest BCUT2D eigenvalue weighted by atomic mass is 10.2. The van der Waals surface area contributed by atoms with Gasteiger partial charge < -0.3 is 24.0 Å². The Morgan fingerprint density at radius 3 is 2.53 bits per heavy atom. The number of rotatable bonds is 2. The van der Waals surface area contributed by atoms with Crippen LogP contribution in [0.3, 0.4) is 0 Å². The monoisotopic (exact) mass is 364 g/mol. The first kappa shape index (κ1) is 14.8. The Kier molecular flexibility index (Phi) is 5.73. The fraction of sp³-hybridized carbons (Fsp3) is 0.462. The number of hydrogen-bond acceptors (Lipinski definition) is 1. The van der Waals surface area contributed by atoms with E-state index in [1.165, 1.54) is 17.9 Å². The molecule has 0 fully saturated rings. The van der Waals surface area contributed by atoms with Crippen molar-refractivity contribution in [2.45, 2.75) is 19.8 Å². The van der Waals surface area contributed by atoms with Gasteiger partial charge in [0.2, 0.25) is 0 Å². The summed E-state index contributed by atoms with van der Waals surface area (Å²) in [7, 11) is 2.17. The average Bonchev–Trinajstić information content (AvgIpc) is 2.30. The van der Waals surface area contributed by atoms with Gasteiger partial charge in [0.1, 0.15) is 5.69 Å². The molecule has 1 aliphatic rings. The van der Waals surface area contributed by atoms with Gasteiger partial charge in [0.15, 0.2) is 0 Å². The molecule has 0 N–H and O–H groups in total. The predicted molar refractivity (Wildman–Crippen MR) is 69.8 cm³/mol. The van der Waals surface area contributed by atoms with Crippen molar-refractivity contribution in [1.82, 2.24) is 0 Å². The predicted octanol–water partition coefficient (Wildman–Crippen LogP) is 0.00490. The number of hydrogen-bond donors (Lipinski definition) is 0. The van der Waals surface area contributed by atoms with Crippen LogP contribution in [0, 0.1) is 0 Å². The van der Waals surface area contributed by atoms with Gasteiger partial charge in [-0.25, -0.2) is 4.90 Å². The number of halogens is 2. The Bertz CT molecular complexity index is 400. The van der Waals surface area contributed by atoms with E-state index in [0.29, 0.717) is 0 Å². The Balaban J connectivity index is 0.00000144. The van der Waals surface area contributed by atoms with Crippen LogP contribution in [0.5, 0.6) is 0 Å². The lowest BCUT2D eigenvalue weighted by Gasteiger charge is -2.24. The molecule has 0 amide bonds. The molecule has 0 aliphatic carbocycles. The molecule has 0 radical (unpaired) electrons. The average molecular weight is 365 g/mol. The van der Waals surface area contributed by atoms with Crippen molar-refractivity contribution < 1.29 is 28.6 Å². The van der Waals surface area contributed by atoms with E-state index in [-0.39, 0.29) is 24.0 Å². The normalized spacial score (nSPS) is 15.8. The summed E-state index contributed by atoms with van der Waals surface area (Å²) in [4.78, 5) is 2.39. The highest BCUT2D eigenvalue weighted by Gasteiger charge is 2.25. The Morgan fingerprint density at radius 2 is 1.94 bits per heavy atom. The van der Waals surface area contributed by atoms with Gasteiger partial charge in [-0.3, -0.25) is 4.58 Å². The smallest absolute Gasteiger partial charge is 0.251 e. The third kappa shape index (κ3) is 3.35. The van der Waals surface area contributed by atoms with Crippen LogP contribution < -0.4 is 28.9 Å². The summed E-state index contributed by atoms with van der Waals surface area (Å²) in [5.41, 5.74) is 1.24. The van der Waals surface area contributed by atoms with Gasteiger partial charge in [-0.15, -0.1) is 0 Å². The van der Waals surface area contributed by atoms with Crippen LogP contribution in [0.4, 0.5) is 5.69 Å². The van der Waals surface area contributed by atoms with Gasteiger partial charge >= 0.3 is 0 Å². The maximum atomic E-state index is 5.91. The Labute approximate surface area is 125 Å².